The van der Waals surface area contributed by atoms with Gasteiger partial charge in [0.2, 0.25) is 0 Å². The number of benzene rings is 2. The van der Waals surface area contributed by atoms with E-state index in [1.807, 2.05) is 24.3 Å². The zero-order chi connectivity index (χ0) is 19.4. The summed E-state index contributed by atoms with van der Waals surface area (Å²) in [5.74, 6) is -0.256. The summed E-state index contributed by atoms with van der Waals surface area (Å²) >= 11 is 0. The van der Waals surface area contributed by atoms with Crippen molar-refractivity contribution >= 4 is 17.3 Å². The van der Waals surface area contributed by atoms with Gasteiger partial charge in [-0.15, -0.1) is 0 Å². The van der Waals surface area contributed by atoms with Gasteiger partial charge in [0.15, 0.2) is 0 Å². The molecule has 0 spiro atoms. The van der Waals surface area contributed by atoms with E-state index in [-0.39, 0.29) is 11.7 Å². The number of anilines is 2. The first kappa shape index (κ1) is 18.6. The highest BCUT2D eigenvalue weighted by Gasteiger charge is 2.21. The van der Waals surface area contributed by atoms with Gasteiger partial charge in [-0.25, -0.2) is 4.39 Å². The SMILES string of the molecule is CCN(CC)c1ccc(NC(=O)c2c(-c3ccc(F)cc3)noc2C)cc1. The Kier molecular flexibility index (Phi) is 5.54. The minimum Gasteiger partial charge on any atom is -0.372 e. The van der Waals surface area contributed by atoms with Gasteiger partial charge in [0, 0.05) is 30.0 Å². The Balaban J connectivity index is 1.83. The van der Waals surface area contributed by atoms with Crippen molar-refractivity contribution in [2.75, 3.05) is 23.3 Å². The Morgan fingerprint density at radius 2 is 1.70 bits per heavy atom. The lowest BCUT2D eigenvalue weighted by molar-refractivity contribution is 0.102. The third-order valence-corrected chi connectivity index (χ3v) is 4.46. The number of rotatable bonds is 6. The van der Waals surface area contributed by atoms with Gasteiger partial charge in [-0.05, 0) is 69.3 Å². The number of amides is 1. The number of carbonyl (C=O) groups excluding carboxylic acids is 1. The number of carbonyl (C=O) groups is 1. The zero-order valence-corrected chi connectivity index (χ0v) is 15.6. The molecule has 27 heavy (non-hydrogen) atoms. The number of nitrogens with one attached hydrogen (secondary N) is 1. The molecule has 3 rings (SSSR count). The second-order valence-corrected chi connectivity index (χ2v) is 6.14. The minimum atomic E-state index is -0.349. The van der Waals surface area contributed by atoms with Crippen molar-refractivity contribution in [3.63, 3.8) is 0 Å². The van der Waals surface area contributed by atoms with Crippen molar-refractivity contribution in [1.29, 1.82) is 0 Å². The van der Waals surface area contributed by atoms with E-state index in [1.54, 1.807) is 19.1 Å². The molecule has 0 atom stereocenters. The van der Waals surface area contributed by atoms with Crippen LogP contribution in [-0.4, -0.2) is 24.2 Å². The molecule has 0 fully saturated rings. The summed E-state index contributed by atoms with van der Waals surface area (Å²) in [6.45, 7) is 7.72. The molecule has 6 heteroatoms. The molecule has 1 amide bonds. The summed E-state index contributed by atoms with van der Waals surface area (Å²) in [7, 11) is 0. The van der Waals surface area contributed by atoms with Crippen LogP contribution in [0.3, 0.4) is 0 Å². The van der Waals surface area contributed by atoms with Crippen molar-refractivity contribution in [3.05, 3.63) is 65.7 Å². The molecule has 1 N–H and O–H groups in total. The van der Waals surface area contributed by atoms with Crippen LogP contribution < -0.4 is 10.2 Å². The molecule has 0 aliphatic heterocycles. The Labute approximate surface area is 157 Å². The molecular weight excluding hydrogens is 345 g/mol. The Hall–Kier alpha value is -3.15. The molecule has 0 aliphatic rings. The fourth-order valence-corrected chi connectivity index (χ4v) is 2.98. The zero-order valence-electron chi connectivity index (χ0n) is 15.6. The van der Waals surface area contributed by atoms with E-state index < -0.39 is 0 Å². The van der Waals surface area contributed by atoms with Crippen molar-refractivity contribution in [1.82, 2.24) is 5.16 Å². The van der Waals surface area contributed by atoms with Crippen LogP contribution >= 0.6 is 0 Å². The number of aryl methyl sites for hydroxylation is 1. The molecule has 3 aromatic rings. The normalized spacial score (nSPS) is 10.7. The number of nitrogens with zero attached hydrogens (tertiary/aromatic N) is 2. The fourth-order valence-electron chi connectivity index (χ4n) is 2.98. The molecular formula is C21H22FN3O2. The Morgan fingerprint density at radius 1 is 1.07 bits per heavy atom. The third-order valence-electron chi connectivity index (χ3n) is 4.46. The Morgan fingerprint density at radius 3 is 2.30 bits per heavy atom. The quantitative estimate of drug-likeness (QED) is 0.674. The average Bonchev–Trinajstić information content (AvgIpc) is 3.06. The van der Waals surface area contributed by atoms with E-state index in [4.69, 9.17) is 4.52 Å². The van der Waals surface area contributed by atoms with Gasteiger partial charge in [-0.2, -0.15) is 0 Å². The van der Waals surface area contributed by atoms with Gasteiger partial charge in [0.1, 0.15) is 22.8 Å². The topological polar surface area (TPSA) is 58.4 Å². The summed E-state index contributed by atoms with van der Waals surface area (Å²) in [5.41, 5.74) is 3.14. The second kappa shape index (κ2) is 8.03. The van der Waals surface area contributed by atoms with E-state index in [0.717, 1.165) is 18.8 Å². The summed E-state index contributed by atoms with van der Waals surface area (Å²) < 4.78 is 18.4. The van der Waals surface area contributed by atoms with Crippen LogP contribution in [0.2, 0.25) is 0 Å². The van der Waals surface area contributed by atoms with Gasteiger partial charge in [0.25, 0.3) is 5.91 Å². The van der Waals surface area contributed by atoms with Gasteiger partial charge >= 0.3 is 0 Å². The number of aromatic nitrogens is 1. The van der Waals surface area contributed by atoms with Crippen LogP contribution in [0.1, 0.15) is 30.0 Å². The van der Waals surface area contributed by atoms with E-state index in [1.165, 1.54) is 12.1 Å². The van der Waals surface area contributed by atoms with E-state index in [2.05, 4.69) is 29.2 Å². The molecule has 0 aliphatic carbocycles. The fraction of sp³-hybridized carbons (Fsp3) is 0.238. The molecule has 1 heterocycles. The smallest absolute Gasteiger partial charge is 0.261 e. The minimum absolute atomic E-state index is 0.316. The van der Waals surface area contributed by atoms with Crippen LogP contribution in [-0.2, 0) is 0 Å². The van der Waals surface area contributed by atoms with Crippen LogP contribution in [0, 0.1) is 12.7 Å². The largest absolute Gasteiger partial charge is 0.372 e. The van der Waals surface area contributed by atoms with Crippen LogP contribution in [0.15, 0.2) is 53.1 Å². The monoisotopic (exact) mass is 367 g/mol. The molecule has 0 unspecified atom stereocenters. The lowest BCUT2D eigenvalue weighted by Crippen LogP contribution is -2.21. The Bertz CT molecular complexity index is 914. The van der Waals surface area contributed by atoms with Gasteiger partial charge < -0.3 is 14.7 Å². The summed E-state index contributed by atoms with van der Waals surface area (Å²) in [4.78, 5) is 15.0. The highest BCUT2D eigenvalue weighted by atomic mass is 19.1. The highest BCUT2D eigenvalue weighted by molar-refractivity contribution is 6.08. The van der Waals surface area contributed by atoms with Gasteiger partial charge in [-0.3, -0.25) is 4.79 Å². The summed E-state index contributed by atoms with van der Waals surface area (Å²) in [5, 5.41) is 6.85. The lowest BCUT2D eigenvalue weighted by Gasteiger charge is -2.21. The standard InChI is InChI=1S/C21H22FN3O2/c1-4-25(5-2)18-12-10-17(11-13-18)23-21(26)19-14(3)27-24-20(19)15-6-8-16(22)9-7-15/h6-13H,4-5H2,1-3H3,(H,23,26). The number of hydrogen-bond acceptors (Lipinski definition) is 4. The van der Waals surface area contributed by atoms with Gasteiger partial charge in [-0.1, -0.05) is 5.16 Å². The predicted molar refractivity (Wildman–Crippen MR) is 105 cm³/mol. The number of halogens is 1. The second-order valence-electron chi connectivity index (χ2n) is 6.14. The molecule has 1 aromatic heterocycles. The summed E-state index contributed by atoms with van der Waals surface area (Å²) in [6.07, 6.45) is 0. The van der Waals surface area contributed by atoms with Crippen LogP contribution in [0.25, 0.3) is 11.3 Å². The molecule has 0 saturated heterocycles. The number of hydrogen-bond donors (Lipinski definition) is 1. The maximum Gasteiger partial charge on any atom is 0.261 e. The van der Waals surface area contributed by atoms with Gasteiger partial charge in [0.05, 0.1) is 0 Å². The highest BCUT2D eigenvalue weighted by Crippen LogP contribution is 2.27. The first-order valence-electron chi connectivity index (χ1n) is 8.92. The van der Waals surface area contributed by atoms with Crippen molar-refractivity contribution in [3.8, 4) is 11.3 Å². The van der Waals surface area contributed by atoms with E-state index >= 15 is 0 Å². The van der Waals surface area contributed by atoms with E-state index in [9.17, 15) is 9.18 Å². The molecule has 0 bridgehead atoms. The molecule has 2 aromatic carbocycles. The van der Waals surface area contributed by atoms with Crippen molar-refractivity contribution < 1.29 is 13.7 Å². The first-order valence-corrected chi connectivity index (χ1v) is 8.92. The van der Waals surface area contributed by atoms with Crippen LogP contribution in [0.4, 0.5) is 15.8 Å². The first-order chi connectivity index (χ1) is 13.0. The molecule has 0 saturated carbocycles. The molecule has 0 radical (unpaired) electrons. The predicted octanol–water partition coefficient (Wildman–Crippen LogP) is 4.89. The summed E-state index contributed by atoms with van der Waals surface area (Å²) in [6, 6.07) is 13.5. The molecule has 5 nitrogen and oxygen atoms in total. The average molecular weight is 367 g/mol. The van der Waals surface area contributed by atoms with Crippen LogP contribution in [0.5, 0.6) is 0 Å². The lowest BCUT2D eigenvalue weighted by atomic mass is 10.1. The maximum atomic E-state index is 13.2. The maximum absolute atomic E-state index is 13.2. The molecule has 140 valence electrons. The van der Waals surface area contributed by atoms with E-state index in [0.29, 0.717) is 28.3 Å². The van der Waals surface area contributed by atoms with Crippen molar-refractivity contribution in [2.45, 2.75) is 20.8 Å². The third kappa shape index (κ3) is 4.00. The van der Waals surface area contributed by atoms with Crippen molar-refractivity contribution in [2.24, 2.45) is 0 Å².